The second-order valence-electron chi connectivity index (χ2n) is 3.54. The van der Waals surface area contributed by atoms with Gasteiger partial charge >= 0.3 is 0 Å². The van der Waals surface area contributed by atoms with Crippen LogP contribution in [0.5, 0.6) is 0 Å². The predicted octanol–water partition coefficient (Wildman–Crippen LogP) is -0.271. The molecule has 1 aliphatic rings. The van der Waals surface area contributed by atoms with Crippen LogP contribution in [0.2, 0.25) is 0 Å². The first-order chi connectivity index (χ1) is 5.62. The van der Waals surface area contributed by atoms with Crippen molar-refractivity contribution >= 4 is 0 Å². The van der Waals surface area contributed by atoms with Gasteiger partial charge in [0.2, 0.25) is 0 Å². The Labute approximate surface area is 71.0 Å². The van der Waals surface area contributed by atoms with Crippen LogP contribution in [0.4, 0.5) is 0 Å². The Bertz CT molecular complexity index is 288. The fraction of sp³-hybridized carbons (Fsp3) is 0.625. The van der Waals surface area contributed by atoms with E-state index in [-0.39, 0.29) is 6.04 Å². The van der Waals surface area contributed by atoms with Crippen LogP contribution in [-0.2, 0) is 12.6 Å². The Morgan fingerprint density at radius 2 is 2.42 bits per heavy atom. The summed E-state index contributed by atoms with van der Waals surface area (Å²) in [6, 6.07) is 1.98. The van der Waals surface area contributed by atoms with Crippen molar-refractivity contribution in [3.63, 3.8) is 0 Å². The zero-order valence-electron chi connectivity index (χ0n) is 7.07. The van der Waals surface area contributed by atoms with Gasteiger partial charge in [-0.3, -0.25) is 4.68 Å². The van der Waals surface area contributed by atoms with Crippen LogP contribution in [-0.4, -0.2) is 20.9 Å². The highest BCUT2D eigenvalue weighted by molar-refractivity contribution is 5.17. The summed E-state index contributed by atoms with van der Waals surface area (Å²) in [7, 11) is 1.83. The van der Waals surface area contributed by atoms with Crippen LogP contribution in [0.25, 0.3) is 0 Å². The molecule has 0 aromatic carbocycles. The van der Waals surface area contributed by atoms with E-state index in [0.717, 1.165) is 5.69 Å². The van der Waals surface area contributed by atoms with Gasteiger partial charge in [0.1, 0.15) is 5.60 Å². The molecule has 1 heterocycles. The van der Waals surface area contributed by atoms with Crippen molar-refractivity contribution in [2.45, 2.75) is 24.5 Å². The maximum absolute atomic E-state index is 9.98. The van der Waals surface area contributed by atoms with E-state index in [1.165, 1.54) is 0 Å². The molecule has 0 radical (unpaired) electrons. The van der Waals surface area contributed by atoms with Crippen molar-refractivity contribution in [1.29, 1.82) is 0 Å². The average molecular weight is 167 g/mol. The maximum atomic E-state index is 9.98. The van der Waals surface area contributed by atoms with Crippen LogP contribution in [0, 0.1) is 0 Å². The number of aryl methyl sites for hydroxylation is 1. The van der Waals surface area contributed by atoms with Gasteiger partial charge in [-0.2, -0.15) is 5.10 Å². The normalized spacial score (nSPS) is 34.8. The monoisotopic (exact) mass is 167 g/mol. The van der Waals surface area contributed by atoms with E-state index in [2.05, 4.69) is 5.10 Å². The summed E-state index contributed by atoms with van der Waals surface area (Å²) in [5.41, 5.74) is 5.77. The third-order valence-corrected chi connectivity index (χ3v) is 2.50. The highest BCUT2D eigenvalue weighted by Gasteiger charge is 2.43. The van der Waals surface area contributed by atoms with Gasteiger partial charge < -0.3 is 10.8 Å². The minimum Gasteiger partial charge on any atom is -0.383 e. The number of aromatic nitrogens is 2. The van der Waals surface area contributed by atoms with Crippen LogP contribution >= 0.6 is 0 Å². The van der Waals surface area contributed by atoms with Gasteiger partial charge in [-0.15, -0.1) is 0 Å². The van der Waals surface area contributed by atoms with Crippen molar-refractivity contribution in [3.05, 3.63) is 18.0 Å². The molecule has 0 aliphatic heterocycles. The minimum absolute atomic E-state index is 0.143. The number of rotatable bonds is 1. The Morgan fingerprint density at radius 3 is 2.83 bits per heavy atom. The van der Waals surface area contributed by atoms with E-state index >= 15 is 0 Å². The number of hydrogen-bond acceptors (Lipinski definition) is 3. The van der Waals surface area contributed by atoms with Gasteiger partial charge in [-0.25, -0.2) is 0 Å². The van der Waals surface area contributed by atoms with Gasteiger partial charge in [-0.05, 0) is 18.9 Å². The molecule has 1 saturated carbocycles. The second kappa shape index (κ2) is 2.31. The largest absolute Gasteiger partial charge is 0.383 e. The Morgan fingerprint density at radius 1 is 1.75 bits per heavy atom. The van der Waals surface area contributed by atoms with Crippen molar-refractivity contribution < 1.29 is 5.11 Å². The number of nitrogens with two attached hydrogens (primary N) is 1. The molecule has 4 nitrogen and oxygen atoms in total. The van der Waals surface area contributed by atoms with Crippen LogP contribution in [0.15, 0.2) is 12.3 Å². The third-order valence-electron chi connectivity index (χ3n) is 2.50. The molecule has 1 aromatic rings. The lowest BCUT2D eigenvalue weighted by atomic mass is 9.74. The van der Waals surface area contributed by atoms with E-state index in [1.807, 2.05) is 13.1 Å². The predicted molar refractivity (Wildman–Crippen MR) is 44.3 cm³/mol. The summed E-state index contributed by atoms with van der Waals surface area (Å²) >= 11 is 0. The summed E-state index contributed by atoms with van der Waals surface area (Å²) in [5, 5.41) is 14.0. The molecule has 1 fully saturated rings. The van der Waals surface area contributed by atoms with Crippen LogP contribution < -0.4 is 5.73 Å². The topological polar surface area (TPSA) is 64.1 Å². The number of aliphatic hydroxyl groups is 1. The lowest BCUT2D eigenvalue weighted by molar-refractivity contribution is -0.0587. The first-order valence-electron chi connectivity index (χ1n) is 4.08. The molecule has 0 bridgehead atoms. The molecule has 4 heteroatoms. The Balaban J connectivity index is 2.26. The zero-order chi connectivity index (χ0) is 8.77. The second-order valence-corrected chi connectivity index (χ2v) is 3.54. The fourth-order valence-corrected chi connectivity index (χ4v) is 1.85. The van der Waals surface area contributed by atoms with Crippen molar-refractivity contribution in [2.24, 2.45) is 12.8 Å². The van der Waals surface area contributed by atoms with E-state index in [1.54, 1.807) is 10.9 Å². The van der Waals surface area contributed by atoms with E-state index < -0.39 is 5.60 Å². The molecule has 0 atom stereocenters. The van der Waals surface area contributed by atoms with Crippen LogP contribution in [0.1, 0.15) is 18.5 Å². The van der Waals surface area contributed by atoms with Crippen molar-refractivity contribution in [1.82, 2.24) is 9.78 Å². The van der Waals surface area contributed by atoms with E-state index in [9.17, 15) is 5.11 Å². The molecule has 12 heavy (non-hydrogen) atoms. The van der Waals surface area contributed by atoms with E-state index in [4.69, 9.17) is 5.73 Å². The average Bonchev–Trinajstić information content (AvgIpc) is 2.32. The Hall–Kier alpha value is -0.870. The first kappa shape index (κ1) is 7.76. The highest BCUT2D eigenvalue weighted by atomic mass is 16.3. The van der Waals surface area contributed by atoms with Gasteiger partial charge in [0.15, 0.2) is 0 Å². The molecule has 1 aliphatic carbocycles. The molecule has 0 spiro atoms. The van der Waals surface area contributed by atoms with Crippen molar-refractivity contribution in [2.75, 3.05) is 0 Å². The Kier molecular flexibility index (Phi) is 1.49. The lowest BCUT2D eigenvalue weighted by Crippen LogP contribution is -2.50. The summed E-state index contributed by atoms with van der Waals surface area (Å²) < 4.78 is 1.70. The summed E-state index contributed by atoms with van der Waals surface area (Å²) in [5.74, 6) is 0. The van der Waals surface area contributed by atoms with Gasteiger partial charge in [0.25, 0.3) is 0 Å². The van der Waals surface area contributed by atoms with Gasteiger partial charge in [0, 0.05) is 19.3 Å². The molecule has 2 rings (SSSR count). The van der Waals surface area contributed by atoms with E-state index in [0.29, 0.717) is 12.8 Å². The molecule has 66 valence electrons. The van der Waals surface area contributed by atoms with Gasteiger partial charge in [0.05, 0.1) is 5.69 Å². The summed E-state index contributed by atoms with van der Waals surface area (Å²) in [4.78, 5) is 0. The first-order valence-corrected chi connectivity index (χ1v) is 4.08. The SMILES string of the molecule is Cn1nccc1C1(O)CC(N)C1. The number of nitrogens with zero attached hydrogens (tertiary/aromatic N) is 2. The standard InChI is InChI=1S/C8H13N3O/c1-11-7(2-3-10-11)8(12)4-6(9)5-8/h2-3,6,12H,4-5,9H2,1H3. The molecular formula is C8H13N3O. The fourth-order valence-electron chi connectivity index (χ4n) is 1.85. The number of hydrogen-bond donors (Lipinski definition) is 2. The highest BCUT2D eigenvalue weighted by Crippen LogP contribution is 2.39. The summed E-state index contributed by atoms with van der Waals surface area (Å²) in [6.45, 7) is 0. The molecule has 1 aromatic heterocycles. The zero-order valence-corrected chi connectivity index (χ0v) is 7.07. The lowest BCUT2D eigenvalue weighted by Gasteiger charge is -2.41. The maximum Gasteiger partial charge on any atom is 0.109 e. The van der Waals surface area contributed by atoms with Gasteiger partial charge in [-0.1, -0.05) is 0 Å². The molecular weight excluding hydrogens is 154 g/mol. The molecule has 0 unspecified atom stereocenters. The third kappa shape index (κ3) is 0.956. The molecule has 3 N–H and O–H groups in total. The quantitative estimate of drug-likeness (QED) is 0.605. The minimum atomic E-state index is -0.718. The summed E-state index contributed by atoms with van der Waals surface area (Å²) in [6.07, 6.45) is 2.98. The smallest absolute Gasteiger partial charge is 0.109 e. The molecule has 0 saturated heterocycles. The van der Waals surface area contributed by atoms with Crippen molar-refractivity contribution in [3.8, 4) is 0 Å². The molecule has 0 amide bonds. The van der Waals surface area contributed by atoms with Crippen LogP contribution in [0.3, 0.4) is 0 Å².